The highest BCUT2D eigenvalue weighted by molar-refractivity contribution is 6.03. The fourth-order valence-corrected chi connectivity index (χ4v) is 2.64. The first-order valence-corrected chi connectivity index (χ1v) is 7.75. The van der Waals surface area contributed by atoms with E-state index in [1.165, 1.54) is 26.7 Å². The van der Waals surface area contributed by atoms with Gasteiger partial charge in [0.25, 0.3) is 5.91 Å². The number of hydrogen-bond acceptors (Lipinski definition) is 7. The number of hydrogen-bond donors (Lipinski definition) is 2. The molecule has 10 nitrogen and oxygen atoms in total. The number of nitrogens with one attached hydrogen (secondary N) is 2. The number of methoxy groups -OCH3 is 2. The lowest BCUT2D eigenvalue weighted by molar-refractivity contribution is -0.142. The van der Waals surface area contributed by atoms with Crippen molar-refractivity contribution in [1.82, 2.24) is 30.0 Å². The van der Waals surface area contributed by atoms with Crippen LogP contribution in [0.5, 0.6) is 5.75 Å². The van der Waals surface area contributed by atoms with Gasteiger partial charge < -0.3 is 19.8 Å². The van der Waals surface area contributed by atoms with Gasteiger partial charge in [0.05, 0.1) is 32.1 Å². The molecule has 0 aliphatic carbocycles. The Morgan fingerprint density at radius 1 is 1.31 bits per heavy atom. The van der Waals surface area contributed by atoms with Gasteiger partial charge in [0.2, 0.25) is 0 Å². The Labute approximate surface area is 148 Å². The van der Waals surface area contributed by atoms with Crippen LogP contribution in [0, 0.1) is 0 Å². The first-order valence-electron chi connectivity index (χ1n) is 7.75. The molecule has 0 saturated heterocycles. The minimum absolute atomic E-state index is 0.200. The molecular formula is C16H18N6O4. The molecule has 0 aliphatic rings. The van der Waals surface area contributed by atoms with E-state index < -0.39 is 17.9 Å². The number of imidazole rings is 1. The highest BCUT2D eigenvalue weighted by Crippen LogP contribution is 2.27. The van der Waals surface area contributed by atoms with Gasteiger partial charge in [0.15, 0.2) is 5.65 Å². The van der Waals surface area contributed by atoms with Crippen LogP contribution in [0.3, 0.4) is 0 Å². The van der Waals surface area contributed by atoms with E-state index in [4.69, 9.17) is 9.47 Å². The van der Waals surface area contributed by atoms with Crippen molar-refractivity contribution in [3.63, 3.8) is 0 Å². The Kier molecular flexibility index (Phi) is 4.83. The van der Waals surface area contributed by atoms with Crippen molar-refractivity contribution in [1.29, 1.82) is 0 Å². The Bertz CT molecular complexity index is 934. The summed E-state index contributed by atoms with van der Waals surface area (Å²) < 4.78 is 11.7. The minimum atomic E-state index is -0.887. The van der Waals surface area contributed by atoms with Crippen molar-refractivity contribution >= 4 is 22.9 Å². The predicted molar refractivity (Wildman–Crippen MR) is 90.6 cm³/mol. The number of rotatable bonds is 6. The fraction of sp³-hybridized carbons (Fsp3) is 0.312. The summed E-state index contributed by atoms with van der Waals surface area (Å²) in [5, 5.41) is 7.38. The van der Waals surface area contributed by atoms with E-state index in [1.54, 1.807) is 24.1 Å². The van der Waals surface area contributed by atoms with Crippen molar-refractivity contribution in [3.05, 3.63) is 36.2 Å². The summed E-state index contributed by atoms with van der Waals surface area (Å²) in [4.78, 5) is 35.8. The summed E-state index contributed by atoms with van der Waals surface area (Å²) in [6.07, 6.45) is 6.24. The Morgan fingerprint density at radius 2 is 2.12 bits per heavy atom. The van der Waals surface area contributed by atoms with Crippen LogP contribution in [-0.2, 0) is 23.0 Å². The Morgan fingerprint density at radius 3 is 2.77 bits per heavy atom. The Hall–Kier alpha value is -3.43. The standard InChI is InChI=1S/C16H18N6O4/c1-22-14-10(7-20-22)13(25-2)11(6-18-14)15(23)21-12(16(24)26-3)4-9-5-17-8-19-9/h5-8,12H,4H2,1-3H3,(H,17,19)(H,21,23)/t12-/m0/s1. The number of aromatic amines is 1. The zero-order chi connectivity index (χ0) is 18.7. The Balaban J connectivity index is 1.89. The lowest BCUT2D eigenvalue weighted by atomic mass is 10.1. The summed E-state index contributed by atoms with van der Waals surface area (Å²) in [5.74, 6) is -0.733. The van der Waals surface area contributed by atoms with E-state index >= 15 is 0 Å². The van der Waals surface area contributed by atoms with Gasteiger partial charge in [-0.05, 0) is 0 Å². The van der Waals surface area contributed by atoms with Gasteiger partial charge in [0, 0.05) is 31.6 Å². The molecule has 1 amide bonds. The molecule has 0 unspecified atom stereocenters. The third-order valence-electron chi connectivity index (χ3n) is 3.93. The molecule has 3 heterocycles. The summed E-state index contributed by atoms with van der Waals surface area (Å²) in [6, 6.07) is -0.887. The van der Waals surface area contributed by atoms with Crippen molar-refractivity contribution in [3.8, 4) is 5.75 Å². The van der Waals surface area contributed by atoms with Gasteiger partial charge in [-0.2, -0.15) is 5.10 Å². The van der Waals surface area contributed by atoms with Crippen LogP contribution in [0.2, 0.25) is 0 Å². The van der Waals surface area contributed by atoms with Crippen LogP contribution in [-0.4, -0.2) is 56.9 Å². The highest BCUT2D eigenvalue weighted by atomic mass is 16.5. The maximum atomic E-state index is 12.7. The van der Waals surface area contributed by atoms with Crippen molar-refractivity contribution in [2.45, 2.75) is 12.5 Å². The van der Waals surface area contributed by atoms with Crippen LogP contribution >= 0.6 is 0 Å². The minimum Gasteiger partial charge on any atom is -0.495 e. The van der Waals surface area contributed by atoms with Gasteiger partial charge in [-0.15, -0.1) is 0 Å². The molecule has 10 heteroatoms. The molecule has 0 radical (unpaired) electrons. The first-order chi connectivity index (χ1) is 12.5. The van der Waals surface area contributed by atoms with E-state index in [1.807, 2.05) is 0 Å². The number of aromatic nitrogens is 5. The lowest BCUT2D eigenvalue weighted by Gasteiger charge is -2.17. The number of fused-ring (bicyclic) bond motifs is 1. The average molecular weight is 358 g/mol. The summed E-state index contributed by atoms with van der Waals surface area (Å²) in [7, 11) is 4.46. The lowest BCUT2D eigenvalue weighted by Crippen LogP contribution is -2.43. The number of amides is 1. The molecule has 0 aromatic carbocycles. The van der Waals surface area contributed by atoms with Crippen LogP contribution in [0.1, 0.15) is 16.1 Å². The van der Waals surface area contributed by atoms with Crippen molar-refractivity contribution in [2.75, 3.05) is 14.2 Å². The summed E-state index contributed by atoms with van der Waals surface area (Å²) in [6.45, 7) is 0. The van der Waals surface area contributed by atoms with Crippen LogP contribution in [0.25, 0.3) is 11.0 Å². The van der Waals surface area contributed by atoms with Crippen LogP contribution < -0.4 is 10.1 Å². The van der Waals surface area contributed by atoms with E-state index in [0.717, 1.165) is 0 Å². The summed E-state index contributed by atoms with van der Waals surface area (Å²) in [5.41, 5.74) is 1.47. The quantitative estimate of drug-likeness (QED) is 0.604. The molecule has 3 rings (SSSR count). The van der Waals surface area contributed by atoms with Gasteiger partial charge in [-0.1, -0.05) is 0 Å². The molecule has 26 heavy (non-hydrogen) atoms. The normalized spacial score (nSPS) is 12.0. The van der Waals surface area contributed by atoms with Gasteiger partial charge in [-0.25, -0.2) is 14.8 Å². The zero-order valence-electron chi connectivity index (χ0n) is 14.5. The molecular weight excluding hydrogens is 340 g/mol. The largest absolute Gasteiger partial charge is 0.495 e. The van der Waals surface area contributed by atoms with Gasteiger partial charge in [0.1, 0.15) is 17.4 Å². The molecule has 1 atom stereocenters. The van der Waals surface area contributed by atoms with E-state index in [-0.39, 0.29) is 12.0 Å². The van der Waals surface area contributed by atoms with Crippen LogP contribution in [0.15, 0.2) is 24.9 Å². The molecule has 0 spiro atoms. The highest BCUT2D eigenvalue weighted by Gasteiger charge is 2.26. The van der Waals surface area contributed by atoms with E-state index in [2.05, 4.69) is 25.4 Å². The second-order valence-electron chi connectivity index (χ2n) is 5.54. The molecule has 0 fully saturated rings. The van der Waals surface area contributed by atoms with E-state index in [9.17, 15) is 9.59 Å². The first kappa shape index (κ1) is 17.4. The maximum absolute atomic E-state index is 12.7. The molecule has 0 saturated carbocycles. The van der Waals surface area contributed by atoms with Crippen LogP contribution in [0.4, 0.5) is 0 Å². The molecule has 136 valence electrons. The molecule has 3 aromatic rings. The molecule has 2 N–H and O–H groups in total. The predicted octanol–water partition coefficient (Wildman–Crippen LogP) is 0.214. The number of ether oxygens (including phenoxy) is 2. The molecule has 0 aliphatic heterocycles. The third-order valence-corrected chi connectivity index (χ3v) is 3.93. The van der Waals surface area contributed by atoms with E-state index in [0.29, 0.717) is 22.5 Å². The second kappa shape index (κ2) is 7.21. The molecule has 0 bridgehead atoms. The second-order valence-corrected chi connectivity index (χ2v) is 5.54. The SMILES string of the molecule is COC(=O)[C@H](Cc1cnc[nH]1)NC(=O)c1cnc2c(cnn2C)c1OC. The van der Waals surface area contributed by atoms with Crippen molar-refractivity contribution < 1.29 is 19.1 Å². The number of H-pyrrole nitrogens is 1. The third kappa shape index (κ3) is 3.21. The number of esters is 1. The number of aryl methyl sites for hydroxylation is 1. The smallest absolute Gasteiger partial charge is 0.328 e. The summed E-state index contributed by atoms with van der Waals surface area (Å²) >= 11 is 0. The molecule has 3 aromatic heterocycles. The van der Waals surface area contributed by atoms with Gasteiger partial charge in [-0.3, -0.25) is 9.48 Å². The number of carbonyl (C=O) groups is 2. The van der Waals surface area contributed by atoms with Crippen molar-refractivity contribution in [2.24, 2.45) is 7.05 Å². The number of pyridine rings is 1. The number of nitrogens with zero attached hydrogens (tertiary/aromatic N) is 4. The maximum Gasteiger partial charge on any atom is 0.328 e. The monoisotopic (exact) mass is 358 g/mol. The topological polar surface area (TPSA) is 124 Å². The average Bonchev–Trinajstić information content (AvgIpc) is 3.29. The zero-order valence-corrected chi connectivity index (χ0v) is 14.5. The van der Waals surface area contributed by atoms with Gasteiger partial charge >= 0.3 is 5.97 Å². The fourth-order valence-electron chi connectivity index (χ4n) is 2.64. The number of carbonyl (C=O) groups excluding carboxylic acids is 2.